The van der Waals surface area contributed by atoms with Gasteiger partial charge in [-0.1, -0.05) is 6.92 Å². The first-order chi connectivity index (χ1) is 7.25. The maximum Gasteiger partial charge on any atom is 0.307 e. The molecule has 94 valence electrons. The van der Waals surface area contributed by atoms with Crippen molar-refractivity contribution in [1.29, 1.82) is 0 Å². The molecule has 0 radical (unpaired) electrons. The van der Waals surface area contributed by atoms with Gasteiger partial charge in [-0.15, -0.1) is 0 Å². The van der Waals surface area contributed by atoms with Crippen molar-refractivity contribution < 1.29 is 18.9 Å². The molecule has 16 heavy (non-hydrogen) atoms. The average molecular weight is 249 g/mol. The summed E-state index contributed by atoms with van der Waals surface area (Å²) in [4.78, 5) is 23.6. The number of nitrogens with zero attached hydrogens (tertiary/aromatic N) is 1. The van der Waals surface area contributed by atoms with Gasteiger partial charge in [0.1, 0.15) is 5.75 Å². The number of hydrogen-bond donors (Lipinski definition) is 1. The Kier molecular flexibility index (Phi) is 6.25. The second kappa shape index (κ2) is 6.62. The molecule has 0 aromatic rings. The standard InChI is InChI=1S/C10H19NO4S/c1-7(2)11(4)9(12)6-16(15)5-8(3)10(13)14/h7-8H,5-6H2,1-4H3,(H,13,14). The van der Waals surface area contributed by atoms with Crippen LogP contribution in [0, 0.1) is 5.92 Å². The van der Waals surface area contributed by atoms with Crippen LogP contribution in [-0.2, 0) is 20.4 Å². The molecule has 0 fully saturated rings. The van der Waals surface area contributed by atoms with Crippen LogP contribution < -0.4 is 0 Å². The number of amides is 1. The first-order valence-corrected chi connectivity index (χ1v) is 6.58. The number of hydrogen-bond acceptors (Lipinski definition) is 3. The number of carbonyl (C=O) groups excluding carboxylic acids is 1. The molecule has 0 spiro atoms. The second-order valence-corrected chi connectivity index (χ2v) is 5.59. The van der Waals surface area contributed by atoms with Crippen LogP contribution in [0.25, 0.3) is 0 Å². The van der Waals surface area contributed by atoms with Crippen molar-refractivity contribution in [2.75, 3.05) is 18.6 Å². The van der Waals surface area contributed by atoms with Crippen LogP contribution in [0.4, 0.5) is 0 Å². The number of carboxylic acids is 1. The van der Waals surface area contributed by atoms with E-state index in [1.165, 1.54) is 11.8 Å². The summed E-state index contributed by atoms with van der Waals surface area (Å²) in [6.07, 6.45) is 0. The maximum absolute atomic E-state index is 11.5. The Balaban J connectivity index is 4.16. The van der Waals surface area contributed by atoms with E-state index in [9.17, 15) is 13.8 Å². The predicted octanol–water partition coefficient (Wildman–Crippen LogP) is 0.323. The van der Waals surface area contributed by atoms with Crippen LogP contribution in [0.2, 0.25) is 0 Å². The maximum atomic E-state index is 11.5. The largest absolute Gasteiger partial charge is 0.481 e. The Bertz CT molecular complexity index is 291. The molecule has 1 N–H and O–H groups in total. The molecule has 0 saturated carbocycles. The van der Waals surface area contributed by atoms with Crippen LogP contribution in [0.3, 0.4) is 0 Å². The molecule has 0 heterocycles. The number of carboxylic acid groups (broad SMARTS) is 1. The van der Waals surface area contributed by atoms with Gasteiger partial charge in [0, 0.05) is 29.6 Å². The summed E-state index contributed by atoms with van der Waals surface area (Å²) < 4.78 is 11.5. The van der Waals surface area contributed by atoms with Crippen molar-refractivity contribution in [3.63, 3.8) is 0 Å². The molecule has 1 amide bonds. The third kappa shape index (κ3) is 5.25. The summed E-state index contributed by atoms with van der Waals surface area (Å²) in [7, 11) is 0.234. The lowest BCUT2D eigenvalue weighted by Crippen LogP contribution is -2.37. The molecule has 2 atom stereocenters. The van der Waals surface area contributed by atoms with Crippen molar-refractivity contribution in [2.45, 2.75) is 26.8 Å². The Hall–Kier alpha value is -0.910. The van der Waals surface area contributed by atoms with E-state index in [-0.39, 0.29) is 23.5 Å². The van der Waals surface area contributed by atoms with E-state index >= 15 is 0 Å². The lowest BCUT2D eigenvalue weighted by molar-refractivity contribution is -0.140. The topological polar surface area (TPSA) is 74.7 Å². The first kappa shape index (κ1) is 15.1. The minimum Gasteiger partial charge on any atom is -0.481 e. The number of carbonyl (C=O) groups is 2. The number of aliphatic carboxylic acids is 1. The highest BCUT2D eigenvalue weighted by atomic mass is 32.2. The molecular weight excluding hydrogens is 230 g/mol. The van der Waals surface area contributed by atoms with E-state index in [2.05, 4.69) is 0 Å². The highest BCUT2D eigenvalue weighted by Crippen LogP contribution is 2.01. The molecule has 2 unspecified atom stereocenters. The zero-order valence-electron chi connectivity index (χ0n) is 10.1. The van der Waals surface area contributed by atoms with Gasteiger partial charge in [0.15, 0.2) is 0 Å². The second-order valence-electron chi connectivity index (χ2n) is 4.09. The molecule has 5 nitrogen and oxygen atoms in total. The van der Waals surface area contributed by atoms with Crippen molar-refractivity contribution >= 4 is 22.7 Å². The van der Waals surface area contributed by atoms with E-state index in [1.807, 2.05) is 13.8 Å². The van der Waals surface area contributed by atoms with Crippen molar-refractivity contribution in [1.82, 2.24) is 4.90 Å². The molecule has 0 aliphatic rings. The minimum absolute atomic E-state index is 0.0208. The summed E-state index contributed by atoms with van der Waals surface area (Å²) in [6, 6.07) is 0.0568. The fourth-order valence-corrected chi connectivity index (χ4v) is 2.23. The third-order valence-electron chi connectivity index (χ3n) is 2.31. The fourth-order valence-electron chi connectivity index (χ4n) is 0.937. The van der Waals surface area contributed by atoms with Crippen LogP contribution in [-0.4, -0.2) is 50.7 Å². The molecule has 0 aliphatic heterocycles. The fraction of sp³-hybridized carbons (Fsp3) is 0.800. The van der Waals surface area contributed by atoms with Crippen molar-refractivity contribution in [3.8, 4) is 0 Å². The van der Waals surface area contributed by atoms with Gasteiger partial charge < -0.3 is 10.0 Å². The summed E-state index contributed by atoms with van der Waals surface area (Å²) in [5.74, 6) is -1.97. The van der Waals surface area contributed by atoms with Gasteiger partial charge in [0.2, 0.25) is 5.91 Å². The van der Waals surface area contributed by atoms with Crippen LogP contribution in [0.5, 0.6) is 0 Å². The molecule has 0 aliphatic carbocycles. The van der Waals surface area contributed by atoms with Crippen LogP contribution >= 0.6 is 0 Å². The predicted molar refractivity (Wildman–Crippen MR) is 62.6 cm³/mol. The average Bonchev–Trinajstić information content (AvgIpc) is 2.15. The summed E-state index contributed by atoms with van der Waals surface area (Å²) in [5, 5.41) is 8.63. The Labute approximate surface area is 98.3 Å². The van der Waals surface area contributed by atoms with E-state index in [4.69, 9.17) is 5.11 Å². The van der Waals surface area contributed by atoms with Gasteiger partial charge in [-0.25, -0.2) is 0 Å². The van der Waals surface area contributed by atoms with Gasteiger partial charge in [0.05, 0.1) is 5.92 Å². The SMILES string of the molecule is CC(CS(=O)CC(=O)N(C)C(C)C)C(=O)O. The number of rotatable bonds is 6. The zero-order chi connectivity index (χ0) is 12.9. The Morgan fingerprint density at radius 3 is 2.19 bits per heavy atom. The molecule has 6 heteroatoms. The molecule has 0 aromatic heterocycles. The van der Waals surface area contributed by atoms with Crippen LogP contribution in [0.1, 0.15) is 20.8 Å². The van der Waals surface area contributed by atoms with E-state index in [0.717, 1.165) is 0 Å². The van der Waals surface area contributed by atoms with E-state index in [1.54, 1.807) is 7.05 Å². The van der Waals surface area contributed by atoms with Gasteiger partial charge in [-0.3, -0.25) is 13.8 Å². The first-order valence-electron chi connectivity index (χ1n) is 5.09. The monoisotopic (exact) mass is 249 g/mol. The van der Waals surface area contributed by atoms with Gasteiger partial charge in [0.25, 0.3) is 0 Å². The zero-order valence-corrected chi connectivity index (χ0v) is 10.9. The van der Waals surface area contributed by atoms with Crippen molar-refractivity contribution in [3.05, 3.63) is 0 Å². The van der Waals surface area contributed by atoms with Crippen LogP contribution in [0.15, 0.2) is 0 Å². The lowest BCUT2D eigenvalue weighted by Gasteiger charge is -2.21. The summed E-state index contributed by atoms with van der Waals surface area (Å²) >= 11 is 0. The summed E-state index contributed by atoms with van der Waals surface area (Å²) in [5.41, 5.74) is 0. The smallest absolute Gasteiger partial charge is 0.307 e. The van der Waals surface area contributed by atoms with Gasteiger partial charge in [-0.05, 0) is 13.8 Å². The quantitative estimate of drug-likeness (QED) is 0.735. The highest BCUT2D eigenvalue weighted by Gasteiger charge is 2.19. The normalized spacial score (nSPS) is 14.6. The van der Waals surface area contributed by atoms with Crippen molar-refractivity contribution in [2.24, 2.45) is 5.92 Å². The minimum atomic E-state index is -1.41. The molecule has 0 bridgehead atoms. The molecule has 0 saturated heterocycles. The summed E-state index contributed by atoms with van der Waals surface area (Å²) in [6.45, 7) is 5.21. The third-order valence-corrected chi connectivity index (χ3v) is 3.75. The Morgan fingerprint density at radius 1 is 1.31 bits per heavy atom. The van der Waals surface area contributed by atoms with Gasteiger partial charge in [-0.2, -0.15) is 0 Å². The molecule has 0 rings (SSSR count). The van der Waals surface area contributed by atoms with E-state index < -0.39 is 22.7 Å². The highest BCUT2D eigenvalue weighted by molar-refractivity contribution is 7.85. The van der Waals surface area contributed by atoms with E-state index in [0.29, 0.717) is 0 Å². The molecular formula is C10H19NO4S. The molecule has 0 aromatic carbocycles. The lowest BCUT2D eigenvalue weighted by atomic mass is 10.2. The Morgan fingerprint density at radius 2 is 1.81 bits per heavy atom. The van der Waals surface area contributed by atoms with Gasteiger partial charge >= 0.3 is 5.97 Å².